The van der Waals surface area contributed by atoms with Crippen LogP contribution in [0.2, 0.25) is 0 Å². The van der Waals surface area contributed by atoms with Gasteiger partial charge in [0.15, 0.2) is 0 Å². The van der Waals surface area contributed by atoms with Crippen molar-refractivity contribution in [3.63, 3.8) is 0 Å². The van der Waals surface area contributed by atoms with Gasteiger partial charge < -0.3 is 10.2 Å². The van der Waals surface area contributed by atoms with E-state index in [0.717, 1.165) is 30.8 Å². The Labute approximate surface area is 105 Å². The van der Waals surface area contributed by atoms with Crippen LogP contribution in [0.25, 0.3) is 0 Å². The van der Waals surface area contributed by atoms with Gasteiger partial charge in [0.25, 0.3) is 5.91 Å². The molecule has 1 fully saturated rings. The summed E-state index contributed by atoms with van der Waals surface area (Å²) >= 11 is 1.36. The van der Waals surface area contributed by atoms with Crippen LogP contribution >= 0.6 is 11.5 Å². The van der Waals surface area contributed by atoms with Crippen LogP contribution in [0.1, 0.15) is 28.2 Å². The zero-order valence-electron chi connectivity index (χ0n) is 10.1. The number of carbonyl (C=O) groups is 1. The highest BCUT2D eigenvalue weighted by Gasteiger charge is 2.21. The molecule has 0 radical (unpaired) electrons. The first-order chi connectivity index (χ1) is 8.19. The summed E-state index contributed by atoms with van der Waals surface area (Å²) in [5.74, 6) is -0.0646. The van der Waals surface area contributed by atoms with E-state index in [2.05, 4.69) is 9.69 Å². The minimum Gasteiger partial charge on any atom is -0.348 e. The quantitative estimate of drug-likeness (QED) is 0.882. The van der Waals surface area contributed by atoms with E-state index >= 15 is 0 Å². The highest BCUT2D eigenvalue weighted by molar-refractivity contribution is 7.05. The van der Waals surface area contributed by atoms with Gasteiger partial charge in [-0.15, -0.1) is 0 Å². The number of hydrogen-bond donors (Lipinski definition) is 1. The van der Waals surface area contributed by atoms with Crippen molar-refractivity contribution < 1.29 is 9.63 Å². The molecule has 0 spiro atoms. The SMILES string of the molecule is CON1CCC(NC(=O)c2cc(C)sn2)CC1. The largest absolute Gasteiger partial charge is 0.348 e. The number of amides is 1. The first kappa shape index (κ1) is 12.5. The molecular weight excluding hydrogens is 238 g/mol. The van der Waals surface area contributed by atoms with Gasteiger partial charge in [-0.2, -0.15) is 9.44 Å². The molecular formula is C11H17N3O2S. The van der Waals surface area contributed by atoms with Crippen molar-refractivity contribution in [2.45, 2.75) is 25.8 Å². The van der Waals surface area contributed by atoms with Gasteiger partial charge in [-0.1, -0.05) is 0 Å². The van der Waals surface area contributed by atoms with Gasteiger partial charge in [0.1, 0.15) is 5.69 Å². The highest BCUT2D eigenvalue weighted by Crippen LogP contribution is 2.12. The zero-order chi connectivity index (χ0) is 12.3. The van der Waals surface area contributed by atoms with Crippen molar-refractivity contribution in [2.24, 2.45) is 0 Å². The molecule has 1 aromatic rings. The van der Waals surface area contributed by atoms with Gasteiger partial charge in [-0.3, -0.25) is 4.79 Å². The molecule has 0 atom stereocenters. The number of aryl methyl sites for hydroxylation is 1. The number of hydroxylamine groups is 2. The van der Waals surface area contributed by atoms with Gasteiger partial charge in [0.05, 0.1) is 7.11 Å². The molecule has 1 N–H and O–H groups in total. The van der Waals surface area contributed by atoms with E-state index in [9.17, 15) is 4.79 Å². The van der Waals surface area contributed by atoms with Crippen molar-refractivity contribution in [3.8, 4) is 0 Å². The summed E-state index contributed by atoms with van der Waals surface area (Å²) < 4.78 is 4.11. The molecule has 1 aromatic heterocycles. The molecule has 0 bridgehead atoms. The lowest BCUT2D eigenvalue weighted by molar-refractivity contribution is -0.144. The van der Waals surface area contributed by atoms with Gasteiger partial charge in [-0.05, 0) is 37.4 Å². The van der Waals surface area contributed by atoms with Gasteiger partial charge in [-0.25, -0.2) is 0 Å². The lowest BCUT2D eigenvalue weighted by Crippen LogP contribution is -2.44. The Morgan fingerprint density at radius 2 is 2.29 bits per heavy atom. The molecule has 2 heterocycles. The minimum absolute atomic E-state index is 0.0646. The van der Waals surface area contributed by atoms with E-state index in [1.807, 2.05) is 18.1 Å². The number of piperidine rings is 1. The van der Waals surface area contributed by atoms with Crippen LogP contribution in [0, 0.1) is 6.92 Å². The third-order valence-corrected chi connectivity index (χ3v) is 3.60. The van der Waals surface area contributed by atoms with Crippen molar-refractivity contribution in [2.75, 3.05) is 20.2 Å². The molecule has 1 aliphatic heterocycles. The highest BCUT2D eigenvalue weighted by atomic mass is 32.1. The molecule has 6 heteroatoms. The maximum Gasteiger partial charge on any atom is 0.271 e. The van der Waals surface area contributed by atoms with Crippen LogP contribution in [0.15, 0.2) is 6.07 Å². The normalized spacial score (nSPS) is 18.2. The van der Waals surface area contributed by atoms with Crippen LogP contribution in [-0.2, 0) is 4.84 Å². The summed E-state index contributed by atoms with van der Waals surface area (Å²) in [7, 11) is 1.68. The average Bonchev–Trinajstić information content (AvgIpc) is 2.77. The first-order valence-electron chi connectivity index (χ1n) is 5.72. The minimum atomic E-state index is -0.0646. The van der Waals surface area contributed by atoms with Gasteiger partial charge >= 0.3 is 0 Å². The molecule has 17 heavy (non-hydrogen) atoms. The van der Waals surface area contributed by atoms with Crippen molar-refractivity contribution in [1.29, 1.82) is 0 Å². The lowest BCUT2D eigenvalue weighted by atomic mass is 10.1. The third-order valence-electron chi connectivity index (χ3n) is 2.91. The molecule has 1 amide bonds. The fraction of sp³-hybridized carbons (Fsp3) is 0.636. The molecule has 0 unspecified atom stereocenters. The van der Waals surface area contributed by atoms with Crippen molar-refractivity contribution in [3.05, 3.63) is 16.6 Å². The first-order valence-corrected chi connectivity index (χ1v) is 6.49. The van der Waals surface area contributed by atoms with Gasteiger partial charge in [0, 0.05) is 24.0 Å². The monoisotopic (exact) mass is 255 g/mol. The number of nitrogens with one attached hydrogen (secondary N) is 1. The maximum atomic E-state index is 11.9. The Hall–Kier alpha value is -0.980. The molecule has 0 saturated carbocycles. The fourth-order valence-corrected chi connectivity index (χ4v) is 2.46. The standard InChI is InChI=1S/C11H17N3O2S/c1-8-7-10(13-17-8)11(15)12-9-3-5-14(16-2)6-4-9/h7,9H,3-6H2,1-2H3,(H,12,15). The Morgan fingerprint density at radius 1 is 1.59 bits per heavy atom. The third kappa shape index (κ3) is 3.24. The molecule has 5 nitrogen and oxygen atoms in total. The number of aromatic nitrogens is 1. The number of carbonyl (C=O) groups excluding carboxylic acids is 1. The predicted octanol–water partition coefficient (Wildman–Crippen LogP) is 1.21. The summed E-state index contributed by atoms with van der Waals surface area (Å²) in [6, 6.07) is 2.06. The number of hydrogen-bond acceptors (Lipinski definition) is 5. The topological polar surface area (TPSA) is 54.5 Å². The lowest BCUT2D eigenvalue weighted by Gasteiger charge is -2.30. The average molecular weight is 255 g/mol. The van der Waals surface area contributed by atoms with E-state index < -0.39 is 0 Å². The molecule has 94 valence electrons. The van der Waals surface area contributed by atoms with E-state index in [1.165, 1.54) is 11.5 Å². The van der Waals surface area contributed by atoms with E-state index in [-0.39, 0.29) is 11.9 Å². The Bertz CT molecular complexity index is 386. The van der Waals surface area contributed by atoms with Crippen molar-refractivity contribution in [1.82, 2.24) is 14.8 Å². The summed E-state index contributed by atoms with van der Waals surface area (Å²) in [4.78, 5) is 18.1. The summed E-state index contributed by atoms with van der Waals surface area (Å²) in [6.45, 7) is 3.67. The zero-order valence-corrected chi connectivity index (χ0v) is 10.9. The Balaban J connectivity index is 1.84. The van der Waals surface area contributed by atoms with Crippen LogP contribution in [0.5, 0.6) is 0 Å². The van der Waals surface area contributed by atoms with E-state index in [1.54, 1.807) is 7.11 Å². The van der Waals surface area contributed by atoms with Crippen LogP contribution < -0.4 is 5.32 Å². The fourth-order valence-electron chi connectivity index (χ4n) is 1.92. The second-order valence-electron chi connectivity index (χ2n) is 4.18. The molecule has 1 saturated heterocycles. The van der Waals surface area contributed by atoms with Crippen LogP contribution in [0.3, 0.4) is 0 Å². The summed E-state index contributed by atoms with van der Waals surface area (Å²) in [5, 5.41) is 4.93. The van der Waals surface area contributed by atoms with E-state index in [0.29, 0.717) is 5.69 Å². The van der Waals surface area contributed by atoms with Crippen molar-refractivity contribution >= 4 is 17.4 Å². The molecule has 2 rings (SSSR count). The second-order valence-corrected chi connectivity index (χ2v) is 5.19. The summed E-state index contributed by atoms with van der Waals surface area (Å²) in [6.07, 6.45) is 1.84. The Morgan fingerprint density at radius 3 is 2.82 bits per heavy atom. The molecule has 0 aliphatic carbocycles. The number of rotatable bonds is 3. The van der Waals surface area contributed by atoms with Crippen LogP contribution in [0.4, 0.5) is 0 Å². The van der Waals surface area contributed by atoms with Crippen LogP contribution in [-0.4, -0.2) is 41.6 Å². The number of nitrogens with zero attached hydrogens (tertiary/aromatic N) is 2. The molecule has 1 aliphatic rings. The predicted molar refractivity (Wildman–Crippen MR) is 65.9 cm³/mol. The summed E-state index contributed by atoms with van der Waals surface area (Å²) in [5.41, 5.74) is 0.529. The Kier molecular flexibility index (Phi) is 4.09. The maximum absolute atomic E-state index is 11.9. The van der Waals surface area contributed by atoms with E-state index in [4.69, 9.17) is 4.84 Å². The second kappa shape index (κ2) is 5.57. The molecule has 0 aromatic carbocycles. The van der Waals surface area contributed by atoms with Gasteiger partial charge in [0.2, 0.25) is 0 Å². The smallest absolute Gasteiger partial charge is 0.271 e.